The third-order valence-electron chi connectivity index (χ3n) is 5.47. The maximum absolute atomic E-state index is 6.42. The standard InChI is InChI=1S/C20H25BO2/c1-18(2)19(3,4)23-21(22-18)20(5,16-12-8-6-9-13-16)17-14-10-7-11-15-17/h6-15H,1-5H3. The summed E-state index contributed by atoms with van der Waals surface area (Å²) in [6.45, 7) is 10.6. The van der Waals surface area contributed by atoms with Crippen LogP contribution in [-0.4, -0.2) is 18.3 Å². The van der Waals surface area contributed by atoms with Crippen molar-refractivity contribution in [3.8, 4) is 0 Å². The van der Waals surface area contributed by atoms with Gasteiger partial charge in [0.1, 0.15) is 0 Å². The van der Waals surface area contributed by atoms with Gasteiger partial charge in [-0.2, -0.15) is 0 Å². The normalized spacial score (nSPS) is 19.8. The molecule has 0 unspecified atom stereocenters. The van der Waals surface area contributed by atoms with Crippen LogP contribution in [0.25, 0.3) is 0 Å². The Bertz CT molecular complexity index is 609. The van der Waals surface area contributed by atoms with E-state index in [1.807, 2.05) is 12.1 Å². The Morgan fingerprint density at radius 2 is 1.04 bits per heavy atom. The van der Waals surface area contributed by atoms with Crippen LogP contribution in [-0.2, 0) is 14.6 Å². The molecular weight excluding hydrogens is 283 g/mol. The fourth-order valence-corrected chi connectivity index (χ4v) is 3.09. The van der Waals surface area contributed by atoms with E-state index < -0.39 is 0 Å². The highest BCUT2D eigenvalue weighted by Crippen LogP contribution is 2.45. The van der Waals surface area contributed by atoms with Gasteiger partial charge < -0.3 is 9.31 Å². The SMILES string of the molecule is CC(B1OC(C)(C)C(C)(C)O1)(c1ccccc1)c1ccccc1. The van der Waals surface area contributed by atoms with E-state index >= 15 is 0 Å². The van der Waals surface area contributed by atoms with Gasteiger partial charge in [0.2, 0.25) is 0 Å². The van der Waals surface area contributed by atoms with Gasteiger partial charge in [-0.25, -0.2) is 0 Å². The number of hydrogen-bond acceptors (Lipinski definition) is 2. The van der Waals surface area contributed by atoms with Gasteiger partial charge in [-0.1, -0.05) is 67.6 Å². The molecule has 1 saturated heterocycles. The zero-order valence-electron chi connectivity index (χ0n) is 14.7. The monoisotopic (exact) mass is 308 g/mol. The molecule has 0 radical (unpaired) electrons. The van der Waals surface area contributed by atoms with Crippen LogP contribution in [0.4, 0.5) is 0 Å². The minimum atomic E-state index is -0.367. The Hall–Kier alpha value is -1.58. The average Bonchev–Trinajstić information content (AvgIpc) is 2.76. The lowest BCUT2D eigenvalue weighted by atomic mass is 9.52. The van der Waals surface area contributed by atoms with Crippen molar-refractivity contribution < 1.29 is 9.31 Å². The largest absolute Gasteiger partial charge is 0.473 e. The van der Waals surface area contributed by atoms with Crippen molar-refractivity contribution in [3.05, 3.63) is 71.8 Å². The molecule has 0 aliphatic carbocycles. The molecule has 2 aromatic carbocycles. The van der Waals surface area contributed by atoms with Gasteiger partial charge in [0, 0.05) is 0 Å². The second-order valence-corrected chi connectivity index (χ2v) is 7.52. The third kappa shape index (κ3) is 2.62. The molecule has 1 aliphatic heterocycles. The van der Waals surface area contributed by atoms with E-state index in [0.717, 1.165) is 0 Å². The summed E-state index contributed by atoms with van der Waals surface area (Å²) in [5.41, 5.74) is 1.71. The highest BCUT2D eigenvalue weighted by Gasteiger charge is 2.58. The Morgan fingerprint density at radius 1 is 0.696 bits per heavy atom. The van der Waals surface area contributed by atoms with Crippen molar-refractivity contribution in [3.63, 3.8) is 0 Å². The first-order valence-electron chi connectivity index (χ1n) is 8.24. The van der Waals surface area contributed by atoms with Crippen molar-refractivity contribution in [2.45, 2.75) is 51.1 Å². The number of benzene rings is 2. The van der Waals surface area contributed by atoms with Crippen molar-refractivity contribution in [2.75, 3.05) is 0 Å². The molecular formula is C20H25BO2. The van der Waals surface area contributed by atoms with Gasteiger partial charge in [-0.3, -0.25) is 0 Å². The van der Waals surface area contributed by atoms with E-state index in [1.165, 1.54) is 11.1 Å². The van der Waals surface area contributed by atoms with Crippen LogP contribution in [0.15, 0.2) is 60.7 Å². The molecule has 0 saturated carbocycles. The van der Waals surface area contributed by atoms with Crippen LogP contribution in [0.1, 0.15) is 45.7 Å². The van der Waals surface area contributed by atoms with Crippen LogP contribution in [0, 0.1) is 0 Å². The number of hydrogen-bond donors (Lipinski definition) is 0. The maximum atomic E-state index is 6.42. The van der Waals surface area contributed by atoms with E-state index in [0.29, 0.717) is 0 Å². The van der Waals surface area contributed by atoms with Crippen molar-refractivity contribution in [2.24, 2.45) is 0 Å². The van der Waals surface area contributed by atoms with Gasteiger partial charge in [-0.15, -0.1) is 0 Å². The first kappa shape index (κ1) is 16.3. The van der Waals surface area contributed by atoms with Crippen molar-refractivity contribution in [1.82, 2.24) is 0 Å². The van der Waals surface area contributed by atoms with Crippen molar-refractivity contribution in [1.29, 1.82) is 0 Å². The Balaban J connectivity index is 2.12. The predicted octanol–water partition coefficient (Wildman–Crippen LogP) is 4.62. The molecule has 0 aromatic heterocycles. The predicted molar refractivity (Wildman–Crippen MR) is 95.4 cm³/mol. The minimum absolute atomic E-state index is 0.336. The first-order chi connectivity index (χ1) is 10.8. The molecule has 2 nitrogen and oxygen atoms in total. The van der Waals surface area contributed by atoms with Gasteiger partial charge >= 0.3 is 7.12 Å². The molecule has 3 rings (SSSR count). The van der Waals surface area contributed by atoms with Gasteiger partial charge in [-0.05, 0) is 38.8 Å². The van der Waals surface area contributed by atoms with Crippen LogP contribution in [0.3, 0.4) is 0 Å². The van der Waals surface area contributed by atoms with Crippen LogP contribution in [0.5, 0.6) is 0 Å². The molecule has 0 atom stereocenters. The molecule has 1 aliphatic rings. The van der Waals surface area contributed by atoms with E-state index in [2.05, 4.69) is 83.1 Å². The summed E-state index contributed by atoms with van der Waals surface area (Å²) < 4.78 is 12.8. The second kappa shape index (κ2) is 5.50. The second-order valence-electron chi connectivity index (χ2n) is 7.52. The summed E-state index contributed by atoms with van der Waals surface area (Å²) in [5.74, 6) is 0. The summed E-state index contributed by atoms with van der Waals surface area (Å²) in [4.78, 5) is 0. The third-order valence-corrected chi connectivity index (χ3v) is 5.47. The van der Waals surface area contributed by atoms with E-state index in [1.54, 1.807) is 0 Å². The molecule has 1 heterocycles. The Labute approximate surface area is 140 Å². The molecule has 0 bridgehead atoms. The van der Waals surface area contributed by atoms with Crippen LogP contribution < -0.4 is 0 Å². The Kier molecular flexibility index (Phi) is 3.90. The first-order valence-corrected chi connectivity index (χ1v) is 8.24. The molecule has 23 heavy (non-hydrogen) atoms. The molecule has 2 aromatic rings. The Morgan fingerprint density at radius 3 is 1.39 bits per heavy atom. The van der Waals surface area contributed by atoms with Crippen LogP contribution >= 0.6 is 0 Å². The zero-order valence-corrected chi connectivity index (χ0v) is 14.7. The summed E-state index contributed by atoms with van der Waals surface area (Å²) in [6.07, 6.45) is 0. The van der Waals surface area contributed by atoms with Gasteiger partial charge in [0.05, 0.1) is 16.5 Å². The van der Waals surface area contributed by atoms with E-state index in [4.69, 9.17) is 9.31 Å². The van der Waals surface area contributed by atoms with E-state index in [9.17, 15) is 0 Å². The fourth-order valence-electron chi connectivity index (χ4n) is 3.09. The van der Waals surface area contributed by atoms with Gasteiger partial charge in [0.25, 0.3) is 0 Å². The molecule has 3 heteroatoms. The molecule has 1 fully saturated rings. The smallest absolute Gasteiger partial charge is 0.402 e. The van der Waals surface area contributed by atoms with Crippen molar-refractivity contribution >= 4 is 7.12 Å². The summed E-state index contributed by atoms with van der Waals surface area (Å²) in [5, 5.41) is -0.367. The highest BCUT2D eigenvalue weighted by atomic mass is 16.7. The molecule has 0 spiro atoms. The summed E-state index contributed by atoms with van der Waals surface area (Å²) in [7, 11) is -0.336. The topological polar surface area (TPSA) is 18.5 Å². The summed E-state index contributed by atoms with van der Waals surface area (Å²) >= 11 is 0. The zero-order chi connectivity index (χ0) is 16.7. The lowest BCUT2D eigenvalue weighted by Gasteiger charge is -2.33. The van der Waals surface area contributed by atoms with Gasteiger partial charge in [0.15, 0.2) is 0 Å². The lowest BCUT2D eigenvalue weighted by molar-refractivity contribution is 0.00578. The van der Waals surface area contributed by atoms with Crippen LogP contribution in [0.2, 0.25) is 0 Å². The quantitative estimate of drug-likeness (QED) is 0.770. The fraction of sp³-hybridized carbons (Fsp3) is 0.400. The lowest BCUT2D eigenvalue weighted by Crippen LogP contribution is -2.44. The summed E-state index contributed by atoms with van der Waals surface area (Å²) in [6, 6.07) is 21.0. The minimum Gasteiger partial charge on any atom is -0.402 e. The maximum Gasteiger partial charge on any atom is 0.473 e. The average molecular weight is 308 g/mol. The molecule has 0 N–H and O–H groups in total. The molecule has 0 amide bonds. The molecule has 120 valence electrons. The highest BCUT2D eigenvalue weighted by molar-refractivity contribution is 6.51. The van der Waals surface area contributed by atoms with E-state index in [-0.39, 0.29) is 23.6 Å². The number of rotatable bonds is 3.